The summed E-state index contributed by atoms with van der Waals surface area (Å²) in [5, 5.41) is 11.9. The van der Waals surface area contributed by atoms with Crippen LogP contribution in [0.1, 0.15) is 16.9 Å². The van der Waals surface area contributed by atoms with Gasteiger partial charge >= 0.3 is 0 Å². The molecule has 4 nitrogen and oxygen atoms in total. The van der Waals surface area contributed by atoms with Gasteiger partial charge < -0.3 is 9.73 Å². The number of carbonyl (C=O) groups excluding carboxylic acids is 1. The monoisotopic (exact) mass is 422 g/mol. The van der Waals surface area contributed by atoms with E-state index in [4.69, 9.17) is 4.42 Å². The number of rotatable bonds is 3. The minimum absolute atomic E-state index is 0.0343. The van der Waals surface area contributed by atoms with E-state index in [1.165, 1.54) is 6.08 Å². The Bertz CT molecular complexity index is 761. The molecule has 22 heavy (non-hydrogen) atoms. The molecule has 0 fully saturated rings. The van der Waals surface area contributed by atoms with Gasteiger partial charge in [-0.3, -0.25) is 4.79 Å². The zero-order valence-corrected chi connectivity index (χ0v) is 15.1. The van der Waals surface area contributed by atoms with Gasteiger partial charge in [0.15, 0.2) is 4.67 Å². The van der Waals surface area contributed by atoms with Gasteiger partial charge in [0.1, 0.15) is 17.4 Å². The van der Waals surface area contributed by atoms with Gasteiger partial charge in [-0.1, -0.05) is 6.07 Å². The van der Waals surface area contributed by atoms with Crippen LogP contribution in [-0.4, -0.2) is 5.91 Å². The van der Waals surface area contributed by atoms with Crippen LogP contribution >= 0.6 is 31.9 Å². The molecule has 1 N–H and O–H groups in total. The van der Waals surface area contributed by atoms with Gasteiger partial charge in [-0.05, 0) is 75.0 Å². The van der Waals surface area contributed by atoms with Crippen molar-refractivity contribution in [2.75, 3.05) is 5.32 Å². The predicted octanol–water partition coefficient (Wildman–Crippen LogP) is 4.97. The van der Waals surface area contributed by atoms with E-state index in [2.05, 4.69) is 37.2 Å². The Morgan fingerprint density at radius 1 is 1.23 bits per heavy atom. The van der Waals surface area contributed by atoms with E-state index in [1.807, 2.05) is 38.1 Å². The molecule has 0 radical (unpaired) electrons. The van der Waals surface area contributed by atoms with Crippen molar-refractivity contribution in [1.29, 1.82) is 5.26 Å². The Balaban J connectivity index is 2.24. The number of amides is 1. The third-order valence-electron chi connectivity index (χ3n) is 2.80. The number of nitriles is 1. The van der Waals surface area contributed by atoms with Gasteiger partial charge in [0.2, 0.25) is 0 Å². The SMILES string of the molecule is Cc1cc(C)cc(NC(=O)/C(C#N)=C\c2cc(Br)c(Br)o2)c1. The molecule has 0 aliphatic rings. The number of nitrogens with one attached hydrogen (secondary N) is 1. The zero-order chi connectivity index (χ0) is 16.3. The van der Waals surface area contributed by atoms with Crippen LogP contribution in [0.4, 0.5) is 5.69 Å². The molecule has 0 aliphatic carbocycles. The van der Waals surface area contributed by atoms with Crippen LogP contribution in [0.5, 0.6) is 0 Å². The zero-order valence-electron chi connectivity index (χ0n) is 11.9. The van der Waals surface area contributed by atoms with Crippen molar-refractivity contribution in [2.24, 2.45) is 0 Å². The van der Waals surface area contributed by atoms with Crippen molar-refractivity contribution in [3.63, 3.8) is 0 Å². The summed E-state index contributed by atoms with van der Waals surface area (Å²) >= 11 is 6.49. The number of nitrogens with zero attached hydrogens (tertiary/aromatic N) is 1. The summed E-state index contributed by atoms with van der Waals surface area (Å²) in [6.45, 7) is 3.89. The summed E-state index contributed by atoms with van der Waals surface area (Å²) in [5.74, 6) is -0.0676. The molecular weight excluding hydrogens is 412 g/mol. The Labute approximate surface area is 145 Å². The minimum atomic E-state index is -0.476. The lowest BCUT2D eigenvalue weighted by atomic mass is 10.1. The maximum Gasteiger partial charge on any atom is 0.266 e. The molecule has 1 amide bonds. The normalized spacial score (nSPS) is 11.1. The fourth-order valence-corrected chi connectivity index (χ4v) is 2.58. The molecule has 1 aromatic heterocycles. The van der Waals surface area contributed by atoms with Gasteiger partial charge in [-0.25, -0.2) is 0 Å². The predicted molar refractivity (Wildman–Crippen MR) is 92.2 cm³/mol. The molecular formula is C16H12Br2N2O2. The second kappa shape index (κ2) is 6.95. The smallest absolute Gasteiger partial charge is 0.266 e. The Morgan fingerprint density at radius 2 is 1.86 bits per heavy atom. The van der Waals surface area contributed by atoms with Crippen LogP contribution < -0.4 is 5.32 Å². The molecule has 0 bridgehead atoms. The lowest BCUT2D eigenvalue weighted by molar-refractivity contribution is -0.112. The number of hydrogen-bond donors (Lipinski definition) is 1. The number of halogens is 2. The molecule has 1 aromatic carbocycles. The van der Waals surface area contributed by atoms with Crippen molar-refractivity contribution < 1.29 is 9.21 Å². The highest BCUT2D eigenvalue weighted by Crippen LogP contribution is 2.28. The van der Waals surface area contributed by atoms with Gasteiger partial charge in [0.05, 0.1) is 4.47 Å². The van der Waals surface area contributed by atoms with E-state index in [0.717, 1.165) is 11.1 Å². The summed E-state index contributed by atoms with van der Waals surface area (Å²) in [6.07, 6.45) is 1.40. The number of carbonyl (C=O) groups is 1. The van der Waals surface area contributed by atoms with Crippen LogP contribution in [-0.2, 0) is 4.79 Å². The lowest BCUT2D eigenvalue weighted by Gasteiger charge is -2.06. The molecule has 0 unspecified atom stereocenters. The fraction of sp³-hybridized carbons (Fsp3) is 0.125. The summed E-state index contributed by atoms with van der Waals surface area (Å²) in [6, 6.07) is 9.26. The second-order valence-electron chi connectivity index (χ2n) is 4.77. The molecule has 0 spiro atoms. The largest absolute Gasteiger partial charge is 0.449 e. The van der Waals surface area contributed by atoms with Crippen molar-refractivity contribution >= 4 is 49.5 Å². The molecule has 112 valence electrons. The quantitative estimate of drug-likeness (QED) is 0.559. The molecule has 0 aliphatic heterocycles. The summed E-state index contributed by atoms with van der Waals surface area (Å²) in [7, 11) is 0. The van der Waals surface area contributed by atoms with E-state index in [9.17, 15) is 10.1 Å². The third-order valence-corrected chi connectivity index (χ3v) is 4.51. The first kappa shape index (κ1) is 16.5. The summed E-state index contributed by atoms with van der Waals surface area (Å²) < 4.78 is 6.57. The van der Waals surface area contributed by atoms with E-state index in [-0.39, 0.29) is 5.57 Å². The molecule has 0 saturated carbocycles. The van der Waals surface area contributed by atoms with E-state index in [0.29, 0.717) is 20.6 Å². The van der Waals surface area contributed by atoms with Crippen LogP contribution in [0, 0.1) is 25.2 Å². The highest BCUT2D eigenvalue weighted by molar-refractivity contribution is 9.13. The summed E-state index contributed by atoms with van der Waals surface area (Å²) in [5.41, 5.74) is 2.70. The fourth-order valence-electron chi connectivity index (χ4n) is 1.97. The molecule has 1 heterocycles. The second-order valence-corrected chi connectivity index (χ2v) is 6.35. The number of aryl methyl sites for hydroxylation is 2. The molecule has 2 rings (SSSR count). The van der Waals surface area contributed by atoms with Gasteiger partial charge in [-0.2, -0.15) is 5.26 Å². The number of anilines is 1. The maximum atomic E-state index is 12.2. The number of benzene rings is 1. The Morgan fingerprint density at radius 3 is 2.36 bits per heavy atom. The van der Waals surface area contributed by atoms with Crippen molar-refractivity contribution in [3.05, 3.63) is 55.9 Å². The molecule has 2 aromatic rings. The van der Waals surface area contributed by atoms with Crippen LogP contribution in [0.25, 0.3) is 6.08 Å². The van der Waals surface area contributed by atoms with Gasteiger partial charge in [0, 0.05) is 11.8 Å². The van der Waals surface area contributed by atoms with Crippen molar-refractivity contribution in [2.45, 2.75) is 13.8 Å². The highest BCUT2D eigenvalue weighted by atomic mass is 79.9. The average Bonchev–Trinajstić information content (AvgIpc) is 2.73. The molecule has 0 atom stereocenters. The Hall–Kier alpha value is -1.84. The van der Waals surface area contributed by atoms with Gasteiger partial charge in [-0.15, -0.1) is 0 Å². The average molecular weight is 424 g/mol. The van der Waals surface area contributed by atoms with E-state index >= 15 is 0 Å². The standard InChI is InChI=1S/C16H12Br2N2O2/c1-9-3-10(2)5-12(4-9)20-16(21)11(8-19)6-13-7-14(17)15(18)22-13/h3-7H,1-2H3,(H,20,21)/b11-6-. The van der Waals surface area contributed by atoms with E-state index < -0.39 is 5.91 Å². The Kier molecular flexibility index (Phi) is 5.22. The summed E-state index contributed by atoms with van der Waals surface area (Å²) in [4.78, 5) is 12.2. The lowest BCUT2D eigenvalue weighted by Crippen LogP contribution is -2.13. The van der Waals surface area contributed by atoms with Crippen LogP contribution in [0.15, 0.2) is 43.4 Å². The molecule has 6 heteroatoms. The first-order valence-electron chi connectivity index (χ1n) is 6.35. The van der Waals surface area contributed by atoms with Crippen molar-refractivity contribution in [1.82, 2.24) is 0 Å². The van der Waals surface area contributed by atoms with Crippen LogP contribution in [0.2, 0.25) is 0 Å². The first-order valence-corrected chi connectivity index (χ1v) is 7.94. The first-order chi connectivity index (χ1) is 10.4. The van der Waals surface area contributed by atoms with Gasteiger partial charge in [0.25, 0.3) is 5.91 Å². The topological polar surface area (TPSA) is 66.0 Å². The number of hydrogen-bond acceptors (Lipinski definition) is 3. The minimum Gasteiger partial charge on any atom is -0.449 e. The molecule has 0 saturated heterocycles. The highest BCUT2D eigenvalue weighted by Gasteiger charge is 2.12. The maximum absolute atomic E-state index is 12.2. The number of furan rings is 1. The van der Waals surface area contributed by atoms with Crippen LogP contribution in [0.3, 0.4) is 0 Å². The van der Waals surface area contributed by atoms with Crippen molar-refractivity contribution in [3.8, 4) is 6.07 Å². The third kappa shape index (κ3) is 4.09. The van der Waals surface area contributed by atoms with E-state index in [1.54, 1.807) is 6.07 Å².